The van der Waals surface area contributed by atoms with Crippen LogP contribution in [0, 0.1) is 0 Å². The van der Waals surface area contributed by atoms with Gasteiger partial charge in [0.15, 0.2) is 0 Å². The van der Waals surface area contributed by atoms with Gasteiger partial charge in [-0.25, -0.2) is 0 Å². The molecule has 1 aromatic heterocycles. The number of hydrogen-bond donors (Lipinski definition) is 0. The molecule has 0 amide bonds. The molecule has 1 nitrogen and oxygen atoms in total. The van der Waals surface area contributed by atoms with Crippen LogP contribution in [0.25, 0.3) is 93.2 Å². The molecule has 0 spiro atoms. The van der Waals surface area contributed by atoms with Gasteiger partial charge in [-0.05, 0) is 101 Å². The molecule has 0 saturated heterocycles. The van der Waals surface area contributed by atoms with Gasteiger partial charge in [-0.3, -0.25) is 0 Å². The van der Waals surface area contributed by atoms with Crippen molar-refractivity contribution in [2.24, 2.45) is 0 Å². The molecule has 9 aromatic carbocycles. The van der Waals surface area contributed by atoms with Gasteiger partial charge in [-0.1, -0.05) is 153 Å². The highest BCUT2D eigenvalue weighted by molar-refractivity contribution is 6.27. The van der Waals surface area contributed by atoms with Crippen molar-refractivity contribution in [3.63, 3.8) is 0 Å². The standard InChI is InChI=1S/C49H33N/c1-49(2)42-27-21-31-13-9-10-16-38(31)46(42)48-47(49)41-29-34(22-28-43(41)50(48)35-14-7-4-8-15-35)37-24-18-33-19-25-39-36(30-11-5-3-6-12-30)23-17-32-20-26-40(37)45(33)44(32)39/h3-29H,1-2H3. The van der Waals surface area contributed by atoms with Crippen molar-refractivity contribution in [3.05, 3.63) is 175 Å². The van der Waals surface area contributed by atoms with E-state index in [-0.39, 0.29) is 5.41 Å². The van der Waals surface area contributed by atoms with Crippen molar-refractivity contribution in [2.75, 3.05) is 0 Å². The fraction of sp³-hybridized carbons (Fsp3) is 0.0612. The second kappa shape index (κ2) is 9.94. The van der Waals surface area contributed by atoms with E-state index in [2.05, 4.69) is 182 Å². The maximum atomic E-state index is 2.52. The van der Waals surface area contributed by atoms with Gasteiger partial charge in [0.1, 0.15) is 0 Å². The first-order valence-corrected chi connectivity index (χ1v) is 17.6. The molecular weight excluding hydrogens is 603 g/mol. The largest absolute Gasteiger partial charge is 0.309 e. The zero-order valence-corrected chi connectivity index (χ0v) is 28.0. The smallest absolute Gasteiger partial charge is 0.0591 e. The lowest BCUT2D eigenvalue weighted by Gasteiger charge is -2.22. The summed E-state index contributed by atoms with van der Waals surface area (Å²) >= 11 is 0. The minimum Gasteiger partial charge on any atom is -0.309 e. The average molecular weight is 636 g/mol. The molecule has 10 aromatic rings. The van der Waals surface area contributed by atoms with E-state index >= 15 is 0 Å². The van der Waals surface area contributed by atoms with E-state index in [0.717, 1.165) is 0 Å². The Balaban J connectivity index is 1.21. The van der Waals surface area contributed by atoms with Crippen molar-refractivity contribution < 1.29 is 0 Å². The molecule has 1 aliphatic carbocycles. The molecular formula is C49H33N. The van der Waals surface area contributed by atoms with E-state index in [0.29, 0.717) is 0 Å². The molecule has 1 heteroatoms. The van der Waals surface area contributed by atoms with E-state index < -0.39 is 0 Å². The molecule has 0 aliphatic heterocycles. The number of aromatic nitrogens is 1. The van der Waals surface area contributed by atoms with Gasteiger partial charge in [0.05, 0.1) is 11.2 Å². The van der Waals surface area contributed by atoms with Crippen molar-refractivity contribution in [2.45, 2.75) is 19.3 Å². The summed E-state index contributed by atoms with van der Waals surface area (Å²) in [5.41, 5.74) is 12.8. The molecule has 1 heterocycles. The van der Waals surface area contributed by atoms with Crippen LogP contribution >= 0.6 is 0 Å². The predicted octanol–water partition coefficient (Wildman–Crippen LogP) is 13.3. The molecule has 234 valence electrons. The summed E-state index contributed by atoms with van der Waals surface area (Å²) in [6, 6.07) is 60.9. The monoisotopic (exact) mass is 635 g/mol. The predicted molar refractivity (Wildman–Crippen MR) is 213 cm³/mol. The van der Waals surface area contributed by atoms with Crippen molar-refractivity contribution >= 4 is 54.0 Å². The van der Waals surface area contributed by atoms with Crippen molar-refractivity contribution in [3.8, 4) is 39.2 Å². The summed E-state index contributed by atoms with van der Waals surface area (Å²) in [5, 5.41) is 11.8. The Morgan fingerprint density at radius 3 is 1.76 bits per heavy atom. The maximum Gasteiger partial charge on any atom is 0.0591 e. The zero-order valence-electron chi connectivity index (χ0n) is 28.0. The lowest BCUT2D eigenvalue weighted by atomic mass is 9.80. The van der Waals surface area contributed by atoms with Gasteiger partial charge in [0.2, 0.25) is 0 Å². The SMILES string of the molecule is CC1(C)c2ccc3ccccc3c2-c2c1c1cc(-c3ccc4ccc5c(-c6ccccc6)ccc6ccc3c4c65)ccc1n2-c1ccccc1. The Hall–Kier alpha value is -6.18. The first-order chi connectivity index (χ1) is 24.6. The second-order valence-electron chi connectivity index (χ2n) is 14.5. The molecule has 1 aliphatic rings. The Labute approximate surface area is 291 Å². The summed E-state index contributed by atoms with van der Waals surface area (Å²) in [5.74, 6) is 0. The Morgan fingerprint density at radius 2 is 1.04 bits per heavy atom. The van der Waals surface area contributed by atoms with Gasteiger partial charge in [-0.15, -0.1) is 0 Å². The van der Waals surface area contributed by atoms with E-state index in [1.807, 2.05) is 0 Å². The van der Waals surface area contributed by atoms with Crippen LogP contribution in [-0.2, 0) is 5.41 Å². The van der Waals surface area contributed by atoms with E-state index in [1.165, 1.54) is 104 Å². The second-order valence-corrected chi connectivity index (χ2v) is 14.5. The first kappa shape index (κ1) is 27.7. The van der Waals surface area contributed by atoms with Gasteiger partial charge < -0.3 is 4.57 Å². The summed E-state index contributed by atoms with van der Waals surface area (Å²) in [6.07, 6.45) is 0. The quantitative estimate of drug-likeness (QED) is 0.170. The van der Waals surface area contributed by atoms with E-state index in [4.69, 9.17) is 0 Å². The minimum absolute atomic E-state index is 0.165. The van der Waals surface area contributed by atoms with Crippen LogP contribution in [0.1, 0.15) is 25.0 Å². The molecule has 50 heavy (non-hydrogen) atoms. The van der Waals surface area contributed by atoms with Crippen LogP contribution in [0.4, 0.5) is 0 Å². The summed E-state index contributed by atoms with van der Waals surface area (Å²) < 4.78 is 2.52. The summed E-state index contributed by atoms with van der Waals surface area (Å²) in [4.78, 5) is 0. The highest BCUT2D eigenvalue weighted by Crippen LogP contribution is 2.56. The number of hydrogen-bond acceptors (Lipinski definition) is 0. The fourth-order valence-electron chi connectivity index (χ4n) is 9.28. The van der Waals surface area contributed by atoms with Crippen LogP contribution < -0.4 is 0 Å². The van der Waals surface area contributed by atoms with Crippen molar-refractivity contribution in [1.29, 1.82) is 0 Å². The third-order valence-electron chi connectivity index (χ3n) is 11.5. The maximum absolute atomic E-state index is 2.52. The van der Waals surface area contributed by atoms with Gasteiger partial charge in [-0.2, -0.15) is 0 Å². The highest BCUT2D eigenvalue weighted by atomic mass is 15.0. The van der Waals surface area contributed by atoms with Crippen LogP contribution in [0.3, 0.4) is 0 Å². The molecule has 0 bridgehead atoms. The van der Waals surface area contributed by atoms with Gasteiger partial charge in [0, 0.05) is 22.1 Å². The molecule has 11 rings (SSSR count). The summed E-state index contributed by atoms with van der Waals surface area (Å²) in [6.45, 7) is 4.82. The van der Waals surface area contributed by atoms with Crippen molar-refractivity contribution in [1.82, 2.24) is 4.57 Å². The van der Waals surface area contributed by atoms with Gasteiger partial charge in [0.25, 0.3) is 0 Å². The highest BCUT2D eigenvalue weighted by Gasteiger charge is 2.41. The summed E-state index contributed by atoms with van der Waals surface area (Å²) in [7, 11) is 0. The molecule has 0 N–H and O–H groups in total. The van der Waals surface area contributed by atoms with Crippen LogP contribution in [0.15, 0.2) is 164 Å². The number of benzene rings is 9. The molecule has 0 atom stereocenters. The number of rotatable bonds is 3. The molecule has 0 unspecified atom stereocenters. The minimum atomic E-state index is -0.165. The normalized spacial score (nSPS) is 13.6. The third-order valence-corrected chi connectivity index (χ3v) is 11.5. The first-order valence-electron chi connectivity index (χ1n) is 17.6. The lowest BCUT2D eigenvalue weighted by molar-refractivity contribution is 0.667. The zero-order chi connectivity index (χ0) is 33.1. The van der Waals surface area contributed by atoms with E-state index in [9.17, 15) is 0 Å². The fourth-order valence-corrected chi connectivity index (χ4v) is 9.28. The van der Waals surface area contributed by atoms with Gasteiger partial charge >= 0.3 is 0 Å². The van der Waals surface area contributed by atoms with Crippen LogP contribution in [0.2, 0.25) is 0 Å². The topological polar surface area (TPSA) is 4.93 Å². The molecule has 0 fully saturated rings. The Kier molecular flexibility index (Phi) is 5.51. The van der Waals surface area contributed by atoms with Crippen LogP contribution in [0.5, 0.6) is 0 Å². The Morgan fingerprint density at radius 1 is 0.440 bits per heavy atom. The third kappa shape index (κ3) is 3.62. The number of fused-ring (bicyclic) bond motifs is 7. The molecule has 0 saturated carbocycles. The number of nitrogens with zero attached hydrogens (tertiary/aromatic N) is 1. The average Bonchev–Trinajstić information content (AvgIpc) is 3.63. The number of para-hydroxylation sites is 1. The lowest BCUT2D eigenvalue weighted by Crippen LogP contribution is -2.14. The van der Waals surface area contributed by atoms with E-state index in [1.54, 1.807) is 0 Å². The Bertz CT molecular complexity index is 2980. The van der Waals surface area contributed by atoms with Crippen LogP contribution in [-0.4, -0.2) is 4.57 Å². The molecule has 0 radical (unpaired) electrons.